The van der Waals surface area contributed by atoms with Crippen molar-refractivity contribution >= 4 is 66.4 Å². The molecule has 2 nitrogen and oxygen atoms in total. The van der Waals surface area contributed by atoms with Crippen molar-refractivity contribution in [1.29, 1.82) is 0 Å². The third-order valence-corrected chi connectivity index (χ3v) is 13.8. The summed E-state index contributed by atoms with van der Waals surface area (Å²) in [6, 6.07) is 59.7. The van der Waals surface area contributed by atoms with Crippen LogP contribution in [0.3, 0.4) is 0 Å². The molecule has 61 heavy (non-hydrogen) atoms. The average Bonchev–Trinajstić information content (AvgIpc) is 3.27. The zero-order valence-corrected chi connectivity index (χ0v) is 36.8. The van der Waals surface area contributed by atoms with Crippen LogP contribution in [0.4, 0.5) is 34.1 Å². The summed E-state index contributed by atoms with van der Waals surface area (Å²) in [6.07, 6.45) is 2.00. The standard InChI is InChI=1S/C59H54N2/c1-9-59(10-2)53-27-19-26-49-51-36-55(61(44-22-15-12-16-23-44)58-41(7)32-38(4)33-42(58)8)48-25-18-17-24-46(48)50(51)35-52(56(49)53)47-29-28-45(34-54(47)59)60(43-20-13-11-14-21-43)57-39(5)30-37(3)31-40(57)6/h11-36H,9-10H2,1-8H3. The maximum Gasteiger partial charge on any atom is 0.0546 e. The lowest BCUT2D eigenvalue weighted by Crippen LogP contribution is -2.30. The highest BCUT2D eigenvalue weighted by Crippen LogP contribution is 2.56. The van der Waals surface area contributed by atoms with E-state index in [9.17, 15) is 0 Å². The average molecular weight is 791 g/mol. The predicted molar refractivity (Wildman–Crippen MR) is 264 cm³/mol. The molecule has 0 atom stereocenters. The molecule has 1 aliphatic carbocycles. The van der Waals surface area contributed by atoms with Crippen LogP contribution in [0.2, 0.25) is 0 Å². The molecule has 9 aromatic rings. The summed E-state index contributed by atoms with van der Waals surface area (Å²) in [4.78, 5) is 5.00. The first-order valence-corrected chi connectivity index (χ1v) is 22.1. The zero-order valence-electron chi connectivity index (χ0n) is 36.8. The molecule has 1 aliphatic rings. The van der Waals surface area contributed by atoms with Crippen LogP contribution in [-0.4, -0.2) is 0 Å². The Morgan fingerprint density at radius 1 is 0.377 bits per heavy atom. The number of hydrogen-bond acceptors (Lipinski definition) is 2. The summed E-state index contributed by atoms with van der Waals surface area (Å²) < 4.78 is 0. The minimum Gasteiger partial charge on any atom is -0.310 e. The van der Waals surface area contributed by atoms with E-state index >= 15 is 0 Å². The van der Waals surface area contributed by atoms with Crippen molar-refractivity contribution in [2.45, 2.75) is 73.6 Å². The van der Waals surface area contributed by atoms with Gasteiger partial charge in [0.25, 0.3) is 0 Å². The lowest BCUT2D eigenvalue weighted by Gasteiger charge is -2.41. The van der Waals surface area contributed by atoms with Crippen LogP contribution in [0.5, 0.6) is 0 Å². The lowest BCUT2D eigenvalue weighted by molar-refractivity contribution is 0.481. The Morgan fingerprint density at radius 2 is 0.885 bits per heavy atom. The molecule has 0 unspecified atom stereocenters. The SMILES string of the molecule is CCC1(CC)c2cc(N(c3ccccc3)c3c(C)cc(C)cc3C)ccc2-c2cc3c4ccccc4c(N(c4ccccc4)c4c(C)cc(C)cc4C)cc3c3cccc1c23. The summed E-state index contributed by atoms with van der Waals surface area (Å²) in [5, 5.41) is 7.80. The van der Waals surface area contributed by atoms with Gasteiger partial charge in [-0.15, -0.1) is 0 Å². The number of anilines is 6. The first-order valence-electron chi connectivity index (χ1n) is 22.1. The molecule has 0 amide bonds. The summed E-state index contributed by atoms with van der Waals surface area (Å²) in [5.74, 6) is 0. The molecule has 0 saturated carbocycles. The van der Waals surface area contributed by atoms with Gasteiger partial charge in [-0.05, 0) is 174 Å². The van der Waals surface area contributed by atoms with Crippen LogP contribution in [0.1, 0.15) is 71.2 Å². The highest BCUT2D eigenvalue weighted by Gasteiger charge is 2.40. The number of benzene rings is 9. The lowest BCUT2D eigenvalue weighted by atomic mass is 9.63. The first kappa shape index (κ1) is 38.6. The number of nitrogens with zero attached hydrogens (tertiary/aromatic N) is 2. The molecular weight excluding hydrogens is 737 g/mol. The van der Waals surface area contributed by atoms with Crippen LogP contribution in [0, 0.1) is 41.5 Å². The van der Waals surface area contributed by atoms with Crippen molar-refractivity contribution < 1.29 is 0 Å². The van der Waals surface area contributed by atoms with E-state index in [1.165, 1.54) is 116 Å². The van der Waals surface area contributed by atoms with Crippen molar-refractivity contribution in [1.82, 2.24) is 0 Å². The van der Waals surface area contributed by atoms with Gasteiger partial charge in [0.2, 0.25) is 0 Å². The molecule has 0 saturated heterocycles. The Labute approximate surface area is 361 Å². The van der Waals surface area contributed by atoms with Crippen molar-refractivity contribution in [2.75, 3.05) is 9.80 Å². The molecule has 0 fully saturated rings. The van der Waals surface area contributed by atoms with E-state index in [4.69, 9.17) is 0 Å². The van der Waals surface area contributed by atoms with E-state index < -0.39 is 0 Å². The van der Waals surface area contributed by atoms with E-state index in [2.05, 4.69) is 223 Å². The van der Waals surface area contributed by atoms with E-state index in [1.807, 2.05) is 0 Å². The van der Waals surface area contributed by atoms with Gasteiger partial charge >= 0.3 is 0 Å². The molecule has 0 aliphatic heterocycles. The molecule has 300 valence electrons. The van der Waals surface area contributed by atoms with E-state index in [-0.39, 0.29) is 5.41 Å². The largest absolute Gasteiger partial charge is 0.310 e. The van der Waals surface area contributed by atoms with Gasteiger partial charge in [0.1, 0.15) is 0 Å². The number of para-hydroxylation sites is 2. The molecule has 0 aromatic heterocycles. The van der Waals surface area contributed by atoms with Crippen LogP contribution in [0.15, 0.2) is 158 Å². The Bertz CT molecular complexity index is 3130. The predicted octanol–water partition coefficient (Wildman–Crippen LogP) is 17.0. The first-order chi connectivity index (χ1) is 29.6. The van der Waals surface area contributed by atoms with Crippen molar-refractivity contribution in [3.63, 3.8) is 0 Å². The van der Waals surface area contributed by atoms with Crippen LogP contribution in [0.25, 0.3) is 43.4 Å². The summed E-state index contributed by atoms with van der Waals surface area (Å²) >= 11 is 0. The third kappa shape index (κ3) is 5.98. The third-order valence-electron chi connectivity index (χ3n) is 13.8. The van der Waals surface area contributed by atoms with E-state index in [0.29, 0.717) is 0 Å². The van der Waals surface area contributed by atoms with Gasteiger partial charge in [-0.1, -0.05) is 134 Å². The van der Waals surface area contributed by atoms with Crippen molar-refractivity contribution in [3.05, 3.63) is 202 Å². The highest BCUT2D eigenvalue weighted by molar-refractivity contribution is 6.25. The fourth-order valence-electron chi connectivity index (χ4n) is 11.3. The minimum atomic E-state index is -0.170. The molecule has 0 N–H and O–H groups in total. The molecule has 2 heteroatoms. The second-order valence-corrected chi connectivity index (χ2v) is 17.5. The normalized spacial score (nSPS) is 12.9. The number of fused-ring (bicyclic) bond motifs is 6. The Kier molecular flexibility index (Phi) is 9.37. The van der Waals surface area contributed by atoms with E-state index in [1.54, 1.807) is 0 Å². The smallest absolute Gasteiger partial charge is 0.0546 e. The van der Waals surface area contributed by atoms with Gasteiger partial charge in [-0.2, -0.15) is 0 Å². The van der Waals surface area contributed by atoms with Crippen LogP contribution >= 0.6 is 0 Å². The molecule has 0 heterocycles. The van der Waals surface area contributed by atoms with E-state index in [0.717, 1.165) is 18.5 Å². The minimum absolute atomic E-state index is 0.170. The van der Waals surface area contributed by atoms with Gasteiger partial charge < -0.3 is 9.80 Å². The Balaban J connectivity index is 1.28. The molecule has 9 aromatic carbocycles. The van der Waals surface area contributed by atoms with Crippen LogP contribution in [-0.2, 0) is 5.41 Å². The van der Waals surface area contributed by atoms with Gasteiger partial charge in [-0.3, -0.25) is 0 Å². The quantitative estimate of drug-likeness (QED) is 0.141. The van der Waals surface area contributed by atoms with Gasteiger partial charge in [0.05, 0.1) is 17.1 Å². The number of rotatable bonds is 8. The second kappa shape index (κ2) is 14.8. The number of hydrogen-bond donors (Lipinski definition) is 0. The zero-order chi connectivity index (χ0) is 42.2. The fourth-order valence-corrected chi connectivity index (χ4v) is 11.3. The fraction of sp³-hybridized carbons (Fsp3) is 0.186. The van der Waals surface area contributed by atoms with Crippen molar-refractivity contribution in [2.24, 2.45) is 0 Å². The molecular formula is C59H54N2. The Morgan fingerprint density at radius 3 is 1.48 bits per heavy atom. The molecule has 0 radical (unpaired) electrons. The molecule has 0 spiro atoms. The maximum atomic E-state index is 2.53. The summed E-state index contributed by atoms with van der Waals surface area (Å²) in [5.41, 5.74) is 20.2. The summed E-state index contributed by atoms with van der Waals surface area (Å²) in [6.45, 7) is 18.2. The highest BCUT2D eigenvalue weighted by atomic mass is 15.2. The van der Waals surface area contributed by atoms with Crippen molar-refractivity contribution in [3.8, 4) is 11.1 Å². The number of aryl methyl sites for hydroxylation is 6. The summed E-state index contributed by atoms with van der Waals surface area (Å²) in [7, 11) is 0. The van der Waals surface area contributed by atoms with Crippen LogP contribution < -0.4 is 9.80 Å². The Hall–Kier alpha value is -6.64. The maximum absolute atomic E-state index is 2.53. The molecule has 10 rings (SSSR count). The monoisotopic (exact) mass is 790 g/mol. The van der Waals surface area contributed by atoms with Gasteiger partial charge in [0.15, 0.2) is 0 Å². The second-order valence-electron chi connectivity index (χ2n) is 17.5. The van der Waals surface area contributed by atoms with Gasteiger partial charge in [0, 0.05) is 27.9 Å². The molecule has 0 bridgehead atoms. The van der Waals surface area contributed by atoms with Gasteiger partial charge in [-0.25, -0.2) is 0 Å². The topological polar surface area (TPSA) is 6.48 Å².